The van der Waals surface area contributed by atoms with E-state index in [1.165, 1.54) is 6.07 Å². The molecule has 0 fully saturated rings. The van der Waals surface area contributed by atoms with E-state index in [-0.39, 0.29) is 11.3 Å². The average Bonchev–Trinajstić information content (AvgIpc) is 2.68. The maximum atomic E-state index is 12.3. The third-order valence-corrected chi connectivity index (χ3v) is 4.46. The van der Waals surface area contributed by atoms with Crippen LogP contribution in [0.3, 0.4) is 0 Å². The van der Waals surface area contributed by atoms with Crippen molar-refractivity contribution in [3.8, 4) is 5.75 Å². The number of anilines is 1. The fourth-order valence-corrected chi connectivity index (χ4v) is 3.01. The van der Waals surface area contributed by atoms with Crippen LogP contribution in [0.4, 0.5) is 5.69 Å². The van der Waals surface area contributed by atoms with Crippen molar-refractivity contribution >= 4 is 28.3 Å². The molecule has 1 amide bonds. The average molecular weight is 363 g/mol. The molecule has 0 aliphatic carbocycles. The number of hydrogen-bond acceptors (Lipinski definition) is 4. The van der Waals surface area contributed by atoms with Crippen molar-refractivity contribution < 1.29 is 19.4 Å². The number of fused-ring (bicyclic) bond motifs is 1. The Bertz CT molecular complexity index is 1010. The first-order chi connectivity index (χ1) is 13.0. The summed E-state index contributed by atoms with van der Waals surface area (Å²) in [5.74, 6) is -1.31. The maximum Gasteiger partial charge on any atom is 0.342 e. The minimum atomic E-state index is -0.742. The van der Waals surface area contributed by atoms with Crippen molar-refractivity contribution in [3.05, 3.63) is 71.3 Å². The Balaban J connectivity index is 1.69. The summed E-state index contributed by atoms with van der Waals surface area (Å²) in [7, 11) is 0. The summed E-state index contributed by atoms with van der Waals surface area (Å²) in [6.45, 7) is 3.49. The molecule has 0 atom stereocenters. The van der Waals surface area contributed by atoms with Crippen LogP contribution < -0.4 is 5.32 Å². The maximum absolute atomic E-state index is 12.3. The fraction of sp³-hybridized carbons (Fsp3) is 0.182. The number of para-hydroxylation sites is 1. The highest BCUT2D eigenvalue weighted by Crippen LogP contribution is 2.29. The summed E-state index contributed by atoms with van der Waals surface area (Å²) >= 11 is 0. The molecule has 5 heteroatoms. The Labute approximate surface area is 157 Å². The SMILES string of the molecule is CCc1cccc(C)c1NC(=O)COC(=O)c1ccc2ccccc2c1O. The lowest BCUT2D eigenvalue weighted by Gasteiger charge is -2.13. The topological polar surface area (TPSA) is 75.6 Å². The molecule has 0 saturated carbocycles. The molecule has 2 N–H and O–H groups in total. The number of carbonyl (C=O) groups excluding carboxylic acids is 2. The first-order valence-corrected chi connectivity index (χ1v) is 8.77. The molecule has 0 saturated heterocycles. The van der Waals surface area contributed by atoms with Crippen LogP contribution >= 0.6 is 0 Å². The van der Waals surface area contributed by atoms with Crippen LogP contribution in [-0.2, 0) is 16.0 Å². The van der Waals surface area contributed by atoms with E-state index < -0.39 is 18.5 Å². The Hall–Kier alpha value is -3.34. The van der Waals surface area contributed by atoms with Crippen LogP contribution in [0.2, 0.25) is 0 Å². The van der Waals surface area contributed by atoms with Gasteiger partial charge in [0, 0.05) is 11.1 Å². The molecule has 0 bridgehead atoms. The van der Waals surface area contributed by atoms with Crippen molar-refractivity contribution in [2.75, 3.05) is 11.9 Å². The van der Waals surface area contributed by atoms with Gasteiger partial charge in [-0.1, -0.05) is 55.5 Å². The second-order valence-corrected chi connectivity index (χ2v) is 6.27. The zero-order chi connectivity index (χ0) is 19.4. The number of aromatic hydroxyl groups is 1. The normalized spacial score (nSPS) is 10.6. The smallest absolute Gasteiger partial charge is 0.342 e. The summed E-state index contributed by atoms with van der Waals surface area (Å²) in [6, 6.07) is 16.2. The Kier molecular flexibility index (Phi) is 5.41. The number of amides is 1. The highest BCUT2D eigenvalue weighted by molar-refractivity contribution is 6.02. The zero-order valence-electron chi connectivity index (χ0n) is 15.3. The van der Waals surface area contributed by atoms with Crippen LogP contribution in [0.15, 0.2) is 54.6 Å². The number of nitrogens with one attached hydrogen (secondary N) is 1. The molecule has 0 spiro atoms. The minimum absolute atomic E-state index is 0.0339. The third-order valence-electron chi connectivity index (χ3n) is 4.46. The summed E-state index contributed by atoms with van der Waals surface area (Å²) in [6.07, 6.45) is 0.780. The molecule has 3 aromatic carbocycles. The van der Waals surface area contributed by atoms with Crippen molar-refractivity contribution in [2.24, 2.45) is 0 Å². The molecule has 27 heavy (non-hydrogen) atoms. The van der Waals surface area contributed by atoms with E-state index in [4.69, 9.17) is 4.74 Å². The Morgan fingerprint density at radius 1 is 1.04 bits per heavy atom. The molecule has 3 rings (SSSR count). The quantitative estimate of drug-likeness (QED) is 0.666. The van der Waals surface area contributed by atoms with E-state index in [1.807, 2.05) is 44.2 Å². The molecule has 0 unspecified atom stereocenters. The fourth-order valence-electron chi connectivity index (χ4n) is 3.01. The third kappa shape index (κ3) is 3.92. The van der Waals surface area contributed by atoms with Crippen LogP contribution in [-0.4, -0.2) is 23.6 Å². The van der Waals surface area contributed by atoms with Crippen LogP contribution in [0.25, 0.3) is 10.8 Å². The second-order valence-electron chi connectivity index (χ2n) is 6.27. The molecule has 0 heterocycles. The lowest BCUT2D eigenvalue weighted by Crippen LogP contribution is -2.22. The van der Waals surface area contributed by atoms with Gasteiger partial charge in [-0.25, -0.2) is 4.79 Å². The van der Waals surface area contributed by atoms with E-state index in [2.05, 4.69) is 5.32 Å². The molecular weight excluding hydrogens is 342 g/mol. The van der Waals surface area contributed by atoms with Gasteiger partial charge in [-0.15, -0.1) is 0 Å². The van der Waals surface area contributed by atoms with Gasteiger partial charge in [0.15, 0.2) is 6.61 Å². The zero-order valence-corrected chi connectivity index (χ0v) is 15.3. The minimum Gasteiger partial charge on any atom is -0.506 e. The molecule has 0 radical (unpaired) electrons. The summed E-state index contributed by atoms with van der Waals surface area (Å²) in [5.41, 5.74) is 2.74. The number of phenols is 1. The number of phenolic OH excluding ortho intramolecular Hbond substituents is 1. The molecular formula is C22H21NO4. The first-order valence-electron chi connectivity index (χ1n) is 8.77. The summed E-state index contributed by atoms with van der Waals surface area (Å²) < 4.78 is 5.09. The van der Waals surface area contributed by atoms with E-state index in [9.17, 15) is 14.7 Å². The van der Waals surface area contributed by atoms with Gasteiger partial charge in [-0.05, 0) is 35.9 Å². The molecule has 5 nitrogen and oxygen atoms in total. The predicted molar refractivity (Wildman–Crippen MR) is 105 cm³/mol. The second kappa shape index (κ2) is 7.91. The number of aryl methyl sites for hydroxylation is 2. The summed E-state index contributed by atoms with van der Waals surface area (Å²) in [4.78, 5) is 24.5. The van der Waals surface area contributed by atoms with Crippen molar-refractivity contribution in [1.29, 1.82) is 0 Å². The molecule has 138 valence electrons. The van der Waals surface area contributed by atoms with Gasteiger partial charge >= 0.3 is 5.97 Å². The highest BCUT2D eigenvalue weighted by Gasteiger charge is 2.17. The monoisotopic (exact) mass is 363 g/mol. The number of ether oxygens (including phenoxy) is 1. The summed E-state index contributed by atoms with van der Waals surface area (Å²) in [5, 5.41) is 14.5. The van der Waals surface area contributed by atoms with Gasteiger partial charge in [-0.2, -0.15) is 0 Å². The van der Waals surface area contributed by atoms with Gasteiger partial charge in [0.25, 0.3) is 5.91 Å². The molecule has 0 aliphatic heterocycles. The first kappa shape index (κ1) is 18.5. The molecule has 0 aromatic heterocycles. The molecule has 3 aromatic rings. The molecule has 0 aliphatic rings. The number of hydrogen-bond donors (Lipinski definition) is 2. The number of benzene rings is 3. The van der Waals surface area contributed by atoms with Gasteiger partial charge in [0.1, 0.15) is 11.3 Å². The predicted octanol–water partition coefficient (Wildman–Crippen LogP) is 4.21. The standard InChI is InChI=1S/C22H21NO4/c1-3-15-9-6-7-14(2)20(15)23-19(24)13-27-22(26)18-12-11-16-8-4-5-10-17(16)21(18)25/h4-12,25H,3,13H2,1-2H3,(H,23,24). The number of carbonyl (C=O) groups is 2. The lowest BCUT2D eigenvalue weighted by molar-refractivity contribution is -0.119. The van der Waals surface area contributed by atoms with Gasteiger partial charge in [0.05, 0.1) is 0 Å². The van der Waals surface area contributed by atoms with Crippen molar-refractivity contribution in [3.63, 3.8) is 0 Å². The van der Waals surface area contributed by atoms with Crippen molar-refractivity contribution in [1.82, 2.24) is 0 Å². The number of esters is 1. The van der Waals surface area contributed by atoms with Gasteiger partial charge in [0.2, 0.25) is 0 Å². The number of rotatable bonds is 5. The van der Waals surface area contributed by atoms with Gasteiger partial charge < -0.3 is 15.2 Å². The van der Waals surface area contributed by atoms with Crippen LogP contribution in [0.1, 0.15) is 28.4 Å². The largest absolute Gasteiger partial charge is 0.506 e. The Morgan fingerprint density at radius 2 is 1.81 bits per heavy atom. The van der Waals surface area contributed by atoms with Crippen LogP contribution in [0.5, 0.6) is 5.75 Å². The lowest BCUT2D eigenvalue weighted by atomic mass is 10.1. The van der Waals surface area contributed by atoms with E-state index in [1.54, 1.807) is 18.2 Å². The highest BCUT2D eigenvalue weighted by atomic mass is 16.5. The van der Waals surface area contributed by atoms with E-state index in [0.717, 1.165) is 28.6 Å². The van der Waals surface area contributed by atoms with E-state index >= 15 is 0 Å². The van der Waals surface area contributed by atoms with Gasteiger partial charge in [-0.3, -0.25) is 4.79 Å². The van der Waals surface area contributed by atoms with E-state index in [0.29, 0.717) is 5.39 Å². The Morgan fingerprint density at radius 3 is 2.59 bits per heavy atom. The van der Waals surface area contributed by atoms with Crippen molar-refractivity contribution in [2.45, 2.75) is 20.3 Å². The van der Waals surface area contributed by atoms with Crippen LogP contribution in [0, 0.1) is 6.92 Å².